The van der Waals surface area contributed by atoms with E-state index < -0.39 is 0 Å². The van der Waals surface area contributed by atoms with Crippen LogP contribution in [0.3, 0.4) is 0 Å². The molecule has 0 saturated carbocycles. The zero-order chi connectivity index (χ0) is 9.80. The SMILES string of the molecule is Cn1cncc1/C=C1/CCCNCC1. The fraction of sp³-hybridized carbons (Fsp3) is 0.545. The molecule has 1 saturated heterocycles. The Morgan fingerprint density at radius 2 is 2.36 bits per heavy atom. The topological polar surface area (TPSA) is 29.9 Å². The molecular formula is C11H17N3. The largest absolute Gasteiger partial charge is 0.334 e. The molecule has 76 valence electrons. The molecule has 2 heterocycles. The Balaban J connectivity index is 2.12. The number of imidazole rings is 1. The van der Waals surface area contributed by atoms with Crippen LogP contribution in [-0.2, 0) is 7.05 Å². The molecule has 2 rings (SSSR count). The van der Waals surface area contributed by atoms with E-state index in [-0.39, 0.29) is 0 Å². The van der Waals surface area contributed by atoms with E-state index in [9.17, 15) is 0 Å². The average molecular weight is 191 g/mol. The summed E-state index contributed by atoms with van der Waals surface area (Å²) in [5.41, 5.74) is 2.75. The summed E-state index contributed by atoms with van der Waals surface area (Å²) in [4.78, 5) is 4.11. The Bertz CT molecular complexity index is 315. The molecule has 0 radical (unpaired) electrons. The summed E-state index contributed by atoms with van der Waals surface area (Å²) >= 11 is 0. The van der Waals surface area contributed by atoms with Crippen LogP contribution < -0.4 is 5.32 Å². The maximum absolute atomic E-state index is 4.11. The van der Waals surface area contributed by atoms with Gasteiger partial charge >= 0.3 is 0 Å². The van der Waals surface area contributed by atoms with Crippen molar-refractivity contribution in [3.8, 4) is 0 Å². The molecule has 3 heteroatoms. The minimum absolute atomic E-state index is 1.11. The predicted molar refractivity (Wildman–Crippen MR) is 57.9 cm³/mol. The van der Waals surface area contributed by atoms with Crippen LogP contribution in [0.5, 0.6) is 0 Å². The maximum Gasteiger partial charge on any atom is 0.0948 e. The summed E-state index contributed by atoms with van der Waals surface area (Å²) in [6.45, 7) is 2.27. The second-order valence-electron chi connectivity index (χ2n) is 3.84. The Labute approximate surface area is 84.8 Å². The molecule has 3 nitrogen and oxygen atoms in total. The summed E-state index contributed by atoms with van der Waals surface area (Å²) in [7, 11) is 2.04. The Hall–Kier alpha value is -1.09. The minimum Gasteiger partial charge on any atom is -0.334 e. The summed E-state index contributed by atoms with van der Waals surface area (Å²) in [6, 6.07) is 0. The van der Waals surface area contributed by atoms with E-state index in [4.69, 9.17) is 0 Å². The van der Waals surface area contributed by atoms with Crippen LogP contribution >= 0.6 is 0 Å². The molecule has 0 bridgehead atoms. The van der Waals surface area contributed by atoms with Gasteiger partial charge in [0.25, 0.3) is 0 Å². The molecule has 1 N–H and O–H groups in total. The lowest BCUT2D eigenvalue weighted by molar-refractivity contribution is 0.703. The zero-order valence-corrected chi connectivity index (χ0v) is 8.66. The third-order valence-corrected chi connectivity index (χ3v) is 2.68. The minimum atomic E-state index is 1.11. The van der Waals surface area contributed by atoms with Crippen molar-refractivity contribution in [3.63, 3.8) is 0 Å². The van der Waals surface area contributed by atoms with Gasteiger partial charge in [0.2, 0.25) is 0 Å². The molecule has 0 spiro atoms. The fourth-order valence-corrected chi connectivity index (χ4v) is 1.80. The first-order valence-electron chi connectivity index (χ1n) is 5.23. The average Bonchev–Trinajstić information content (AvgIpc) is 2.44. The van der Waals surface area contributed by atoms with Crippen LogP contribution in [0, 0.1) is 0 Å². The molecule has 1 fully saturated rings. The molecule has 0 aromatic carbocycles. The first-order valence-corrected chi connectivity index (χ1v) is 5.23. The highest BCUT2D eigenvalue weighted by Gasteiger charge is 2.04. The molecule has 0 atom stereocenters. The van der Waals surface area contributed by atoms with Crippen LogP contribution in [0.4, 0.5) is 0 Å². The molecule has 1 aliphatic rings. The lowest BCUT2D eigenvalue weighted by Gasteiger charge is -2.02. The fourth-order valence-electron chi connectivity index (χ4n) is 1.80. The summed E-state index contributed by atoms with van der Waals surface area (Å²) < 4.78 is 2.06. The van der Waals surface area contributed by atoms with Gasteiger partial charge in [0.05, 0.1) is 18.2 Å². The van der Waals surface area contributed by atoms with Crippen molar-refractivity contribution in [1.29, 1.82) is 0 Å². The number of hydrogen-bond donors (Lipinski definition) is 1. The van der Waals surface area contributed by atoms with Crippen molar-refractivity contribution >= 4 is 6.08 Å². The van der Waals surface area contributed by atoms with E-state index in [1.54, 1.807) is 5.57 Å². The highest BCUT2D eigenvalue weighted by atomic mass is 15.0. The highest BCUT2D eigenvalue weighted by molar-refractivity contribution is 5.48. The van der Waals surface area contributed by atoms with Crippen molar-refractivity contribution in [2.24, 2.45) is 7.05 Å². The highest BCUT2D eigenvalue weighted by Crippen LogP contribution is 2.15. The Morgan fingerprint density at radius 3 is 3.14 bits per heavy atom. The van der Waals surface area contributed by atoms with Gasteiger partial charge in [-0.2, -0.15) is 0 Å². The van der Waals surface area contributed by atoms with Crippen LogP contribution in [0.2, 0.25) is 0 Å². The summed E-state index contributed by atoms with van der Waals surface area (Å²) in [5, 5.41) is 3.41. The molecule has 0 amide bonds. The third-order valence-electron chi connectivity index (χ3n) is 2.68. The van der Waals surface area contributed by atoms with Gasteiger partial charge in [-0.05, 0) is 38.4 Å². The van der Waals surface area contributed by atoms with Crippen LogP contribution in [0.1, 0.15) is 25.0 Å². The van der Waals surface area contributed by atoms with E-state index in [1.165, 1.54) is 25.0 Å². The summed E-state index contributed by atoms with van der Waals surface area (Å²) in [5.74, 6) is 0. The molecule has 0 unspecified atom stereocenters. The standard InChI is InChI=1S/C11H17N3/c1-14-9-13-8-11(14)7-10-3-2-5-12-6-4-10/h7-9,12H,2-6H2,1H3/b10-7-. The number of nitrogens with one attached hydrogen (secondary N) is 1. The van der Waals surface area contributed by atoms with Gasteiger partial charge in [0.15, 0.2) is 0 Å². The van der Waals surface area contributed by atoms with E-state index in [2.05, 4.69) is 20.9 Å². The Morgan fingerprint density at radius 1 is 1.43 bits per heavy atom. The summed E-state index contributed by atoms with van der Waals surface area (Å²) in [6.07, 6.45) is 9.69. The molecule has 14 heavy (non-hydrogen) atoms. The van der Waals surface area contributed by atoms with Gasteiger partial charge in [0, 0.05) is 7.05 Å². The number of hydrogen-bond acceptors (Lipinski definition) is 2. The van der Waals surface area contributed by atoms with Crippen LogP contribution in [-0.4, -0.2) is 22.6 Å². The lowest BCUT2D eigenvalue weighted by atomic mass is 10.1. The maximum atomic E-state index is 4.11. The second kappa shape index (κ2) is 4.42. The van der Waals surface area contributed by atoms with Crippen molar-refractivity contribution < 1.29 is 0 Å². The molecular weight excluding hydrogens is 174 g/mol. The molecule has 0 aliphatic carbocycles. The number of aryl methyl sites for hydroxylation is 1. The number of rotatable bonds is 1. The van der Waals surface area contributed by atoms with Gasteiger partial charge in [-0.25, -0.2) is 4.98 Å². The molecule has 1 aromatic heterocycles. The quantitative estimate of drug-likeness (QED) is 0.730. The van der Waals surface area contributed by atoms with Crippen molar-refractivity contribution in [2.75, 3.05) is 13.1 Å². The van der Waals surface area contributed by atoms with Crippen LogP contribution in [0.25, 0.3) is 6.08 Å². The molecule has 1 aromatic rings. The number of aromatic nitrogens is 2. The lowest BCUT2D eigenvalue weighted by Crippen LogP contribution is -2.13. The van der Waals surface area contributed by atoms with Crippen LogP contribution in [0.15, 0.2) is 18.1 Å². The van der Waals surface area contributed by atoms with E-state index in [0.717, 1.165) is 13.1 Å². The third kappa shape index (κ3) is 2.23. The van der Waals surface area contributed by atoms with Crippen molar-refractivity contribution in [3.05, 3.63) is 23.8 Å². The first-order chi connectivity index (χ1) is 6.86. The zero-order valence-electron chi connectivity index (χ0n) is 8.66. The van der Waals surface area contributed by atoms with E-state index in [1.807, 2.05) is 19.6 Å². The number of nitrogens with zero attached hydrogens (tertiary/aromatic N) is 2. The Kier molecular flexibility index (Phi) is 2.99. The second-order valence-corrected chi connectivity index (χ2v) is 3.84. The van der Waals surface area contributed by atoms with Gasteiger partial charge in [-0.3, -0.25) is 0 Å². The smallest absolute Gasteiger partial charge is 0.0948 e. The first kappa shape index (κ1) is 9.46. The van der Waals surface area contributed by atoms with E-state index >= 15 is 0 Å². The van der Waals surface area contributed by atoms with E-state index in [0.29, 0.717) is 0 Å². The van der Waals surface area contributed by atoms with Gasteiger partial charge < -0.3 is 9.88 Å². The molecule has 1 aliphatic heterocycles. The monoisotopic (exact) mass is 191 g/mol. The van der Waals surface area contributed by atoms with Gasteiger partial charge in [-0.1, -0.05) is 5.57 Å². The van der Waals surface area contributed by atoms with Gasteiger partial charge in [0.1, 0.15) is 0 Å². The normalized spacial score (nSPS) is 21.1. The van der Waals surface area contributed by atoms with Gasteiger partial charge in [-0.15, -0.1) is 0 Å². The van der Waals surface area contributed by atoms with Crippen molar-refractivity contribution in [2.45, 2.75) is 19.3 Å². The predicted octanol–water partition coefficient (Wildman–Crippen LogP) is 1.58. The van der Waals surface area contributed by atoms with Crippen molar-refractivity contribution in [1.82, 2.24) is 14.9 Å².